The fourth-order valence-corrected chi connectivity index (χ4v) is 2.11. The monoisotopic (exact) mass is 287 g/mol. The van der Waals surface area contributed by atoms with Gasteiger partial charge in [-0.2, -0.15) is 0 Å². The van der Waals surface area contributed by atoms with Crippen molar-refractivity contribution in [1.82, 2.24) is 0 Å². The Bertz CT molecular complexity index is 600. The van der Waals surface area contributed by atoms with E-state index in [0.717, 1.165) is 11.3 Å². The molecule has 0 fully saturated rings. The lowest BCUT2D eigenvalue weighted by Gasteiger charge is -2.19. The van der Waals surface area contributed by atoms with Crippen molar-refractivity contribution in [2.75, 3.05) is 12.4 Å². The highest BCUT2D eigenvalue weighted by atomic mass is 19.1. The van der Waals surface area contributed by atoms with Gasteiger partial charge < -0.3 is 10.1 Å². The van der Waals surface area contributed by atoms with Crippen molar-refractivity contribution in [3.8, 4) is 5.75 Å². The first-order valence-electron chi connectivity index (χ1n) is 7.07. The van der Waals surface area contributed by atoms with Crippen LogP contribution in [0.4, 0.5) is 10.1 Å². The number of hydrogen-bond donors (Lipinski definition) is 1. The molecule has 1 N–H and O–H groups in total. The molecule has 2 rings (SSSR count). The highest BCUT2D eigenvalue weighted by Gasteiger charge is 2.12. The Morgan fingerprint density at radius 2 is 1.71 bits per heavy atom. The maximum absolute atomic E-state index is 13.6. The molecule has 0 heterocycles. The Labute approximate surface area is 126 Å². The predicted molar refractivity (Wildman–Crippen MR) is 85.4 cm³/mol. The maximum Gasteiger partial charge on any atom is 0.165 e. The van der Waals surface area contributed by atoms with Crippen LogP contribution in [0, 0.1) is 5.82 Å². The molecule has 2 aromatic carbocycles. The number of anilines is 1. The van der Waals surface area contributed by atoms with Crippen molar-refractivity contribution in [2.24, 2.45) is 0 Å². The van der Waals surface area contributed by atoms with E-state index in [-0.39, 0.29) is 17.0 Å². The molecule has 3 heteroatoms. The molecule has 0 aromatic heterocycles. The molecule has 0 atom stereocenters. The SMILES string of the molecule is COc1ccc(CNc2ccc(C(C)(C)C)cc2)cc1F. The van der Waals surface area contributed by atoms with Crippen LogP contribution in [0.2, 0.25) is 0 Å². The summed E-state index contributed by atoms with van der Waals surface area (Å²) in [7, 11) is 1.47. The fourth-order valence-electron chi connectivity index (χ4n) is 2.11. The van der Waals surface area contributed by atoms with Gasteiger partial charge in [-0.25, -0.2) is 4.39 Å². The van der Waals surface area contributed by atoms with E-state index >= 15 is 0 Å². The zero-order valence-electron chi connectivity index (χ0n) is 13.0. The number of ether oxygens (including phenoxy) is 1. The van der Waals surface area contributed by atoms with Crippen LogP contribution < -0.4 is 10.1 Å². The number of benzene rings is 2. The Hall–Kier alpha value is -2.03. The molecule has 0 aliphatic heterocycles. The summed E-state index contributed by atoms with van der Waals surface area (Å²) in [5, 5.41) is 3.30. The highest BCUT2D eigenvalue weighted by Crippen LogP contribution is 2.24. The van der Waals surface area contributed by atoms with Crippen molar-refractivity contribution < 1.29 is 9.13 Å². The van der Waals surface area contributed by atoms with Gasteiger partial charge in [0, 0.05) is 12.2 Å². The van der Waals surface area contributed by atoms with E-state index in [1.165, 1.54) is 18.7 Å². The van der Waals surface area contributed by atoms with Gasteiger partial charge in [-0.05, 0) is 40.8 Å². The Morgan fingerprint density at radius 3 is 2.24 bits per heavy atom. The first-order chi connectivity index (χ1) is 9.90. The third kappa shape index (κ3) is 3.97. The second-order valence-corrected chi connectivity index (χ2v) is 6.15. The normalized spacial score (nSPS) is 11.3. The van der Waals surface area contributed by atoms with Crippen molar-refractivity contribution in [1.29, 1.82) is 0 Å². The molecule has 0 aliphatic rings. The number of methoxy groups -OCH3 is 1. The maximum atomic E-state index is 13.6. The summed E-state index contributed by atoms with van der Waals surface area (Å²) in [6, 6.07) is 13.4. The van der Waals surface area contributed by atoms with Crippen LogP contribution in [-0.4, -0.2) is 7.11 Å². The molecule has 0 spiro atoms. The number of halogens is 1. The lowest BCUT2D eigenvalue weighted by Crippen LogP contribution is -2.10. The van der Waals surface area contributed by atoms with Gasteiger partial charge in [0.15, 0.2) is 11.6 Å². The largest absolute Gasteiger partial charge is 0.494 e. The Kier molecular flexibility index (Phi) is 4.51. The molecule has 0 radical (unpaired) electrons. The van der Waals surface area contributed by atoms with Gasteiger partial charge in [-0.3, -0.25) is 0 Å². The van der Waals surface area contributed by atoms with E-state index in [2.05, 4.69) is 50.4 Å². The van der Waals surface area contributed by atoms with E-state index in [1.54, 1.807) is 6.07 Å². The van der Waals surface area contributed by atoms with Crippen LogP contribution >= 0.6 is 0 Å². The second kappa shape index (κ2) is 6.17. The minimum absolute atomic E-state index is 0.150. The fraction of sp³-hybridized carbons (Fsp3) is 0.333. The molecule has 0 bridgehead atoms. The molecule has 0 amide bonds. The zero-order valence-corrected chi connectivity index (χ0v) is 13.0. The van der Waals surface area contributed by atoms with Crippen LogP contribution in [0.25, 0.3) is 0 Å². The first-order valence-corrected chi connectivity index (χ1v) is 7.07. The third-order valence-electron chi connectivity index (χ3n) is 3.46. The van der Waals surface area contributed by atoms with Crippen molar-refractivity contribution in [3.63, 3.8) is 0 Å². The smallest absolute Gasteiger partial charge is 0.165 e. The van der Waals surface area contributed by atoms with Crippen LogP contribution in [0.5, 0.6) is 5.75 Å². The molecule has 2 aromatic rings. The Morgan fingerprint density at radius 1 is 1.05 bits per heavy atom. The van der Waals surface area contributed by atoms with Crippen molar-refractivity contribution >= 4 is 5.69 Å². The van der Waals surface area contributed by atoms with E-state index in [0.29, 0.717) is 6.54 Å². The lowest BCUT2D eigenvalue weighted by molar-refractivity contribution is 0.386. The molecule has 0 aliphatic carbocycles. The third-order valence-corrected chi connectivity index (χ3v) is 3.46. The average Bonchev–Trinajstić information content (AvgIpc) is 2.45. The van der Waals surface area contributed by atoms with E-state index in [1.807, 2.05) is 6.07 Å². The van der Waals surface area contributed by atoms with Gasteiger partial charge in [0.2, 0.25) is 0 Å². The van der Waals surface area contributed by atoms with Crippen LogP contribution in [0.15, 0.2) is 42.5 Å². The summed E-state index contributed by atoms with van der Waals surface area (Å²) >= 11 is 0. The highest BCUT2D eigenvalue weighted by molar-refractivity contribution is 5.46. The molecular formula is C18H22FNO. The quantitative estimate of drug-likeness (QED) is 0.876. The molecular weight excluding hydrogens is 265 g/mol. The molecule has 0 saturated heterocycles. The Balaban J connectivity index is 2.01. The lowest BCUT2D eigenvalue weighted by atomic mass is 9.87. The molecule has 21 heavy (non-hydrogen) atoms. The summed E-state index contributed by atoms with van der Waals surface area (Å²) in [5.74, 6) is -0.0619. The summed E-state index contributed by atoms with van der Waals surface area (Å²) in [5.41, 5.74) is 3.36. The number of rotatable bonds is 4. The van der Waals surface area contributed by atoms with Gasteiger partial charge in [0.05, 0.1) is 7.11 Å². The standard InChI is InChI=1S/C18H22FNO/c1-18(2,3)14-6-8-15(9-7-14)20-12-13-5-10-17(21-4)16(19)11-13/h5-11,20H,12H2,1-4H3. The van der Waals surface area contributed by atoms with Gasteiger partial charge >= 0.3 is 0 Å². The van der Waals surface area contributed by atoms with E-state index < -0.39 is 0 Å². The van der Waals surface area contributed by atoms with Crippen LogP contribution in [0.3, 0.4) is 0 Å². The first kappa shape index (κ1) is 15.4. The number of hydrogen-bond acceptors (Lipinski definition) is 2. The van der Waals surface area contributed by atoms with Gasteiger partial charge in [0.1, 0.15) is 0 Å². The van der Waals surface area contributed by atoms with Gasteiger partial charge in [-0.1, -0.05) is 39.0 Å². The molecule has 0 saturated carbocycles. The minimum atomic E-state index is -0.333. The molecule has 2 nitrogen and oxygen atoms in total. The van der Waals surface area contributed by atoms with Gasteiger partial charge in [0.25, 0.3) is 0 Å². The molecule has 0 unspecified atom stereocenters. The van der Waals surface area contributed by atoms with Crippen LogP contribution in [0.1, 0.15) is 31.9 Å². The summed E-state index contributed by atoms with van der Waals surface area (Å²) in [4.78, 5) is 0. The van der Waals surface area contributed by atoms with Crippen LogP contribution in [-0.2, 0) is 12.0 Å². The molecule has 112 valence electrons. The zero-order chi connectivity index (χ0) is 15.5. The van der Waals surface area contributed by atoms with Crippen molar-refractivity contribution in [2.45, 2.75) is 32.7 Å². The minimum Gasteiger partial charge on any atom is -0.494 e. The van der Waals surface area contributed by atoms with E-state index in [4.69, 9.17) is 4.74 Å². The summed E-state index contributed by atoms with van der Waals surface area (Å²) in [6.45, 7) is 7.15. The van der Waals surface area contributed by atoms with E-state index in [9.17, 15) is 4.39 Å². The number of nitrogens with one attached hydrogen (secondary N) is 1. The summed E-state index contributed by atoms with van der Waals surface area (Å²) < 4.78 is 18.5. The topological polar surface area (TPSA) is 21.3 Å². The van der Waals surface area contributed by atoms with Gasteiger partial charge in [-0.15, -0.1) is 0 Å². The second-order valence-electron chi connectivity index (χ2n) is 6.15. The van der Waals surface area contributed by atoms with Crippen molar-refractivity contribution in [3.05, 3.63) is 59.4 Å². The predicted octanol–water partition coefficient (Wildman–Crippen LogP) is 4.74. The average molecular weight is 287 g/mol. The summed E-state index contributed by atoms with van der Waals surface area (Å²) in [6.07, 6.45) is 0.